The van der Waals surface area contributed by atoms with Crippen LogP contribution < -0.4 is 0 Å². The Labute approximate surface area is 113 Å². The average Bonchev–Trinajstić information content (AvgIpc) is 3.17. The highest BCUT2D eigenvalue weighted by atomic mass is 15.5. The first-order valence-electron chi connectivity index (χ1n) is 6.03. The van der Waals surface area contributed by atoms with Gasteiger partial charge in [-0.2, -0.15) is 5.21 Å². The summed E-state index contributed by atoms with van der Waals surface area (Å²) in [6.45, 7) is 0. The molecule has 4 heterocycles. The number of nitrogens with one attached hydrogen (secondary N) is 1. The molecule has 0 amide bonds. The maximum atomic E-state index is 4.40. The zero-order chi connectivity index (χ0) is 13.4. The summed E-state index contributed by atoms with van der Waals surface area (Å²) in [7, 11) is 0. The lowest BCUT2D eigenvalue weighted by molar-refractivity contribution is 0.881. The first kappa shape index (κ1) is 10.8. The van der Waals surface area contributed by atoms with Crippen LogP contribution in [0.4, 0.5) is 0 Å². The lowest BCUT2D eigenvalue weighted by Crippen LogP contribution is -1.95. The lowest BCUT2D eigenvalue weighted by atomic mass is 10.2. The predicted octanol–water partition coefficient (Wildman–Crippen LogP) is 1.60. The van der Waals surface area contributed by atoms with Crippen molar-refractivity contribution in [3.05, 3.63) is 49.1 Å². The highest BCUT2D eigenvalue weighted by molar-refractivity contribution is 5.78. The van der Waals surface area contributed by atoms with Gasteiger partial charge in [-0.3, -0.25) is 9.55 Å². The van der Waals surface area contributed by atoms with Gasteiger partial charge in [-0.25, -0.2) is 4.98 Å². The fourth-order valence-electron chi connectivity index (χ4n) is 2.14. The fraction of sp³-hybridized carbons (Fsp3) is 0. The molecule has 0 saturated carbocycles. The third kappa shape index (κ3) is 1.64. The van der Waals surface area contributed by atoms with Crippen molar-refractivity contribution in [1.29, 1.82) is 0 Å². The van der Waals surface area contributed by atoms with Gasteiger partial charge in [0.05, 0.1) is 11.9 Å². The van der Waals surface area contributed by atoms with Gasteiger partial charge in [-0.1, -0.05) is 0 Å². The van der Waals surface area contributed by atoms with Crippen molar-refractivity contribution >= 4 is 11.0 Å². The van der Waals surface area contributed by atoms with Crippen molar-refractivity contribution in [3.63, 3.8) is 0 Å². The Morgan fingerprint density at radius 1 is 1.15 bits per heavy atom. The maximum absolute atomic E-state index is 4.40. The molecule has 0 aromatic carbocycles. The number of nitrogens with zero attached hydrogens (tertiary/aromatic N) is 6. The Morgan fingerprint density at radius 2 is 2.15 bits per heavy atom. The zero-order valence-corrected chi connectivity index (χ0v) is 10.3. The molecule has 0 saturated heterocycles. The Hall–Kier alpha value is -3.09. The molecule has 96 valence electrons. The Kier molecular flexibility index (Phi) is 2.28. The minimum Gasteiger partial charge on any atom is -0.300 e. The maximum Gasteiger partial charge on any atom is 0.206 e. The van der Waals surface area contributed by atoms with Crippen LogP contribution in [0, 0.1) is 0 Å². The largest absolute Gasteiger partial charge is 0.300 e. The summed E-state index contributed by atoms with van der Waals surface area (Å²) < 4.78 is 1.98. The molecule has 0 spiro atoms. The summed E-state index contributed by atoms with van der Waals surface area (Å²) in [6, 6.07) is 7.91. The van der Waals surface area contributed by atoms with E-state index in [1.54, 1.807) is 18.6 Å². The topological polar surface area (TPSA) is 85.2 Å². The van der Waals surface area contributed by atoms with E-state index in [2.05, 4.69) is 30.6 Å². The number of hydrogen-bond acceptors (Lipinski definition) is 5. The summed E-state index contributed by atoms with van der Waals surface area (Å²) in [4.78, 5) is 8.63. The Balaban J connectivity index is 1.88. The van der Waals surface area contributed by atoms with Gasteiger partial charge >= 0.3 is 0 Å². The van der Waals surface area contributed by atoms with E-state index in [1.165, 1.54) is 0 Å². The van der Waals surface area contributed by atoms with E-state index in [0.717, 1.165) is 22.3 Å². The molecule has 0 aliphatic heterocycles. The second kappa shape index (κ2) is 4.23. The third-order valence-corrected chi connectivity index (χ3v) is 3.05. The number of tetrazole rings is 1. The fourth-order valence-corrected chi connectivity index (χ4v) is 2.14. The molecular formula is C13H9N7. The molecule has 7 heteroatoms. The summed E-state index contributed by atoms with van der Waals surface area (Å²) in [5.41, 5.74) is 2.59. The molecule has 20 heavy (non-hydrogen) atoms. The zero-order valence-electron chi connectivity index (χ0n) is 10.3. The summed E-state index contributed by atoms with van der Waals surface area (Å²) in [5, 5.41) is 15.0. The second-order valence-corrected chi connectivity index (χ2v) is 4.27. The normalized spacial score (nSPS) is 11.0. The molecule has 0 aliphatic carbocycles. The molecule has 0 bridgehead atoms. The standard InChI is InChI=1S/C13H9N7/c1-2-9-3-5-20(13(9)15-4-1)11-6-10(7-14-8-11)12-16-18-19-17-12/h1-8H,(H,16,17,18,19). The number of hydrogen-bond donors (Lipinski definition) is 1. The predicted molar refractivity (Wildman–Crippen MR) is 72.0 cm³/mol. The molecule has 4 aromatic rings. The van der Waals surface area contributed by atoms with Crippen molar-refractivity contribution in [2.24, 2.45) is 0 Å². The van der Waals surface area contributed by atoms with Crippen molar-refractivity contribution < 1.29 is 0 Å². The summed E-state index contributed by atoms with van der Waals surface area (Å²) >= 11 is 0. The SMILES string of the molecule is c1cnc2c(c1)ccn2-c1cncc(-c2nn[nH]n2)c1. The molecule has 1 N–H and O–H groups in total. The molecule has 4 rings (SSSR count). The van der Waals surface area contributed by atoms with Crippen LogP contribution in [0.3, 0.4) is 0 Å². The van der Waals surface area contributed by atoms with Gasteiger partial charge in [0.1, 0.15) is 5.65 Å². The number of fused-ring (bicyclic) bond motifs is 1. The quantitative estimate of drug-likeness (QED) is 0.593. The van der Waals surface area contributed by atoms with E-state index in [1.807, 2.05) is 35.0 Å². The molecule has 7 nitrogen and oxygen atoms in total. The summed E-state index contributed by atoms with van der Waals surface area (Å²) in [5.74, 6) is 0.517. The van der Waals surface area contributed by atoms with Crippen LogP contribution in [0.15, 0.2) is 49.1 Å². The van der Waals surface area contributed by atoms with Gasteiger partial charge in [0.15, 0.2) is 0 Å². The Morgan fingerprint density at radius 3 is 3.05 bits per heavy atom. The highest BCUT2D eigenvalue weighted by Crippen LogP contribution is 2.20. The van der Waals surface area contributed by atoms with Crippen LogP contribution in [-0.2, 0) is 0 Å². The van der Waals surface area contributed by atoms with Crippen LogP contribution in [0.25, 0.3) is 28.1 Å². The third-order valence-electron chi connectivity index (χ3n) is 3.05. The van der Waals surface area contributed by atoms with Crippen LogP contribution in [0.2, 0.25) is 0 Å². The van der Waals surface area contributed by atoms with Gasteiger partial charge in [-0.05, 0) is 29.5 Å². The average molecular weight is 263 g/mol. The molecule has 4 aromatic heterocycles. The van der Waals surface area contributed by atoms with Crippen molar-refractivity contribution in [2.75, 3.05) is 0 Å². The smallest absolute Gasteiger partial charge is 0.206 e. The molecular weight excluding hydrogens is 254 g/mol. The van der Waals surface area contributed by atoms with Crippen molar-refractivity contribution in [2.45, 2.75) is 0 Å². The molecule has 0 fully saturated rings. The van der Waals surface area contributed by atoms with Gasteiger partial charge in [0, 0.05) is 29.5 Å². The lowest BCUT2D eigenvalue weighted by Gasteiger charge is -2.05. The van der Waals surface area contributed by atoms with Crippen LogP contribution >= 0.6 is 0 Å². The Bertz CT molecular complexity index is 863. The van der Waals surface area contributed by atoms with E-state index in [4.69, 9.17) is 0 Å². The number of pyridine rings is 2. The second-order valence-electron chi connectivity index (χ2n) is 4.27. The highest BCUT2D eigenvalue weighted by Gasteiger charge is 2.08. The molecule has 0 atom stereocenters. The van der Waals surface area contributed by atoms with E-state index >= 15 is 0 Å². The first-order valence-corrected chi connectivity index (χ1v) is 6.03. The molecule has 0 unspecified atom stereocenters. The minimum atomic E-state index is 0.517. The van der Waals surface area contributed by atoms with Gasteiger partial charge in [-0.15, -0.1) is 10.2 Å². The number of rotatable bonds is 2. The van der Waals surface area contributed by atoms with Gasteiger partial charge in [0.25, 0.3) is 0 Å². The van der Waals surface area contributed by atoms with E-state index in [0.29, 0.717) is 5.82 Å². The monoisotopic (exact) mass is 263 g/mol. The van der Waals surface area contributed by atoms with E-state index in [-0.39, 0.29) is 0 Å². The van der Waals surface area contributed by atoms with Crippen molar-refractivity contribution in [3.8, 4) is 17.1 Å². The summed E-state index contributed by atoms with van der Waals surface area (Å²) in [6.07, 6.45) is 7.22. The first-order chi connectivity index (χ1) is 9.92. The number of H-pyrrole nitrogens is 1. The van der Waals surface area contributed by atoms with Crippen LogP contribution in [-0.4, -0.2) is 35.2 Å². The van der Waals surface area contributed by atoms with E-state index in [9.17, 15) is 0 Å². The molecule has 0 radical (unpaired) electrons. The van der Waals surface area contributed by atoms with Crippen LogP contribution in [0.1, 0.15) is 0 Å². The minimum absolute atomic E-state index is 0.517. The number of aromatic amines is 1. The van der Waals surface area contributed by atoms with Gasteiger partial charge in [0.2, 0.25) is 5.82 Å². The van der Waals surface area contributed by atoms with Crippen LogP contribution in [0.5, 0.6) is 0 Å². The van der Waals surface area contributed by atoms with Crippen molar-refractivity contribution in [1.82, 2.24) is 35.2 Å². The van der Waals surface area contributed by atoms with Gasteiger partial charge < -0.3 is 0 Å². The van der Waals surface area contributed by atoms with E-state index < -0.39 is 0 Å². The molecule has 0 aliphatic rings. The number of aromatic nitrogens is 7.